The molecule has 1 rings (SSSR count). The molecule has 1 atom stereocenters. The normalized spacial score (nSPS) is 29.4. The summed E-state index contributed by atoms with van der Waals surface area (Å²) in [5.41, 5.74) is 0.174. The molecule has 1 aliphatic heterocycles. The highest BCUT2D eigenvalue weighted by Gasteiger charge is 2.34. The van der Waals surface area contributed by atoms with Crippen molar-refractivity contribution in [1.82, 2.24) is 0 Å². The molecule has 1 saturated heterocycles. The molecule has 0 aromatic heterocycles. The van der Waals surface area contributed by atoms with Gasteiger partial charge in [-0.3, -0.25) is 4.79 Å². The number of esters is 1. The van der Waals surface area contributed by atoms with Gasteiger partial charge in [-0.05, 0) is 13.8 Å². The third-order valence-electron chi connectivity index (χ3n) is 1.43. The van der Waals surface area contributed by atoms with E-state index in [0.717, 1.165) is 0 Å². The molecule has 1 heterocycles. The van der Waals surface area contributed by atoms with Gasteiger partial charge in [-0.25, -0.2) is 4.79 Å². The second-order valence-corrected chi connectivity index (χ2v) is 2.11. The summed E-state index contributed by atoms with van der Waals surface area (Å²) in [6.07, 6.45) is 0.896. The highest BCUT2D eigenvalue weighted by molar-refractivity contribution is 6.23. The van der Waals surface area contributed by atoms with Crippen LogP contribution in [0.4, 0.5) is 0 Å². The third kappa shape index (κ3) is 0.835. The lowest BCUT2D eigenvalue weighted by atomic mass is 10.1. The lowest BCUT2D eigenvalue weighted by molar-refractivity contribution is -0.139. The van der Waals surface area contributed by atoms with Gasteiger partial charge in [0.05, 0.1) is 0 Å². The van der Waals surface area contributed by atoms with Crippen LogP contribution < -0.4 is 0 Å². The number of cyclic esters (lactones) is 1. The summed E-state index contributed by atoms with van der Waals surface area (Å²) in [6, 6.07) is 0. The molecule has 3 nitrogen and oxygen atoms in total. The van der Waals surface area contributed by atoms with Crippen molar-refractivity contribution in [1.29, 1.82) is 0 Å². The van der Waals surface area contributed by atoms with Crippen molar-refractivity contribution in [3.8, 4) is 0 Å². The number of carbonyl (C=O) groups excluding carboxylic acids is 2. The Morgan fingerprint density at radius 3 is 2.30 bits per heavy atom. The van der Waals surface area contributed by atoms with E-state index in [1.807, 2.05) is 0 Å². The van der Waals surface area contributed by atoms with Gasteiger partial charge >= 0.3 is 5.97 Å². The first-order chi connectivity index (χ1) is 4.66. The maximum atomic E-state index is 10.9. The van der Waals surface area contributed by atoms with E-state index >= 15 is 0 Å². The van der Waals surface area contributed by atoms with Crippen LogP contribution in [0.15, 0.2) is 11.6 Å². The lowest BCUT2D eigenvalue weighted by Crippen LogP contribution is -2.09. The van der Waals surface area contributed by atoms with Crippen LogP contribution in [0.3, 0.4) is 0 Å². The van der Waals surface area contributed by atoms with Crippen LogP contribution in [-0.4, -0.2) is 17.9 Å². The standard InChI is InChI=1S/C7H8O3/c1-3-5-6(8)4(2)10-7(5)9/h3-4H,1-2H3. The molecular weight excluding hydrogens is 132 g/mol. The van der Waals surface area contributed by atoms with Crippen molar-refractivity contribution in [2.45, 2.75) is 20.0 Å². The van der Waals surface area contributed by atoms with E-state index in [1.165, 1.54) is 6.08 Å². The van der Waals surface area contributed by atoms with Crippen LogP contribution in [0.1, 0.15) is 13.8 Å². The molecule has 1 aliphatic rings. The van der Waals surface area contributed by atoms with E-state index in [-0.39, 0.29) is 11.4 Å². The van der Waals surface area contributed by atoms with Crippen LogP contribution in [0, 0.1) is 0 Å². The fraction of sp³-hybridized carbons (Fsp3) is 0.429. The minimum Gasteiger partial charge on any atom is -0.451 e. The predicted molar refractivity (Wildman–Crippen MR) is 34.3 cm³/mol. The summed E-state index contributed by atoms with van der Waals surface area (Å²) >= 11 is 0. The number of ketones is 1. The monoisotopic (exact) mass is 140 g/mol. The molecule has 0 amide bonds. The largest absolute Gasteiger partial charge is 0.451 e. The van der Waals surface area contributed by atoms with Crippen molar-refractivity contribution < 1.29 is 14.3 Å². The molecule has 0 bridgehead atoms. The first-order valence-electron chi connectivity index (χ1n) is 3.08. The molecule has 3 heteroatoms. The Morgan fingerprint density at radius 1 is 1.50 bits per heavy atom. The number of hydrogen-bond acceptors (Lipinski definition) is 3. The van der Waals surface area contributed by atoms with Crippen LogP contribution in [0.5, 0.6) is 0 Å². The van der Waals surface area contributed by atoms with Crippen molar-refractivity contribution in [3.05, 3.63) is 11.6 Å². The van der Waals surface area contributed by atoms with Gasteiger partial charge in [-0.15, -0.1) is 0 Å². The average Bonchev–Trinajstić information content (AvgIpc) is 2.09. The Kier molecular flexibility index (Phi) is 1.57. The van der Waals surface area contributed by atoms with E-state index < -0.39 is 12.1 Å². The third-order valence-corrected chi connectivity index (χ3v) is 1.43. The fourth-order valence-electron chi connectivity index (χ4n) is 0.857. The number of allylic oxidation sites excluding steroid dienone is 1. The van der Waals surface area contributed by atoms with Crippen LogP contribution in [0.2, 0.25) is 0 Å². The summed E-state index contributed by atoms with van der Waals surface area (Å²) in [6.45, 7) is 3.21. The summed E-state index contributed by atoms with van der Waals surface area (Å²) in [7, 11) is 0. The van der Waals surface area contributed by atoms with E-state index in [0.29, 0.717) is 0 Å². The van der Waals surface area contributed by atoms with Gasteiger partial charge in [0, 0.05) is 0 Å². The van der Waals surface area contributed by atoms with Gasteiger partial charge in [0.25, 0.3) is 0 Å². The van der Waals surface area contributed by atoms with E-state index in [4.69, 9.17) is 0 Å². The SMILES string of the molecule is CC=C1C(=O)OC(C)C1=O. The van der Waals surface area contributed by atoms with Crippen molar-refractivity contribution >= 4 is 11.8 Å². The zero-order chi connectivity index (χ0) is 7.72. The Bertz CT molecular complexity index is 215. The van der Waals surface area contributed by atoms with Gasteiger partial charge in [0.1, 0.15) is 5.57 Å². The molecule has 0 radical (unpaired) electrons. The van der Waals surface area contributed by atoms with Gasteiger partial charge in [-0.1, -0.05) is 6.08 Å². The smallest absolute Gasteiger partial charge is 0.342 e. The second kappa shape index (κ2) is 2.25. The molecular formula is C7H8O3. The van der Waals surface area contributed by atoms with Crippen molar-refractivity contribution in [3.63, 3.8) is 0 Å². The molecule has 0 aromatic rings. The molecule has 0 spiro atoms. The van der Waals surface area contributed by atoms with Crippen LogP contribution >= 0.6 is 0 Å². The molecule has 1 fully saturated rings. The number of carbonyl (C=O) groups is 2. The molecule has 0 saturated carbocycles. The van der Waals surface area contributed by atoms with Crippen molar-refractivity contribution in [2.24, 2.45) is 0 Å². The Morgan fingerprint density at radius 2 is 2.10 bits per heavy atom. The number of hydrogen-bond donors (Lipinski definition) is 0. The minimum atomic E-state index is -0.585. The summed E-state index contributed by atoms with van der Waals surface area (Å²) < 4.78 is 4.62. The number of Topliss-reactive ketones (excluding diaryl/α,β-unsaturated/α-hetero) is 1. The first kappa shape index (κ1) is 6.99. The topological polar surface area (TPSA) is 43.4 Å². The Hall–Kier alpha value is -1.12. The molecule has 0 aromatic carbocycles. The van der Waals surface area contributed by atoms with E-state index in [2.05, 4.69) is 4.74 Å². The molecule has 10 heavy (non-hydrogen) atoms. The number of ether oxygens (including phenoxy) is 1. The zero-order valence-corrected chi connectivity index (χ0v) is 5.88. The molecule has 1 unspecified atom stereocenters. The average molecular weight is 140 g/mol. The summed E-state index contributed by atoms with van der Waals surface area (Å²) in [5, 5.41) is 0. The van der Waals surface area contributed by atoms with E-state index in [1.54, 1.807) is 13.8 Å². The molecule has 0 aliphatic carbocycles. The quantitative estimate of drug-likeness (QED) is 0.278. The van der Waals surface area contributed by atoms with Crippen LogP contribution in [-0.2, 0) is 14.3 Å². The highest BCUT2D eigenvalue weighted by Crippen LogP contribution is 2.14. The van der Waals surface area contributed by atoms with Gasteiger partial charge in [0.15, 0.2) is 6.10 Å². The summed E-state index contributed by atoms with van der Waals surface area (Å²) in [4.78, 5) is 21.6. The second-order valence-electron chi connectivity index (χ2n) is 2.11. The fourth-order valence-corrected chi connectivity index (χ4v) is 0.857. The lowest BCUT2D eigenvalue weighted by Gasteiger charge is -1.93. The van der Waals surface area contributed by atoms with E-state index in [9.17, 15) is 9.59 Å². The maximum Gasteiger partial charge on any atom is 0.342 e. The molecule has 0 N–H and O–H groups in total. The Labute approximate surface area is 58.7 Å². The Balaban J connectivity index is 2.96. The first-order valence-corrected chi connectivity index (χ1v) is 3.08. The number of rotatable bonds is 0. The van der Waals surface area contributed by atoms with Crippen LogP contribution in [0.25, 0.3) is 0 Å². The predicted octanol–water partition coefficient (Wildman–Crippen LogP) is 0.447. The maximum absolute atomic E-state index is 10.9. The minimum absolute atomic E-state index is 0.174. The van der Waals surface area contributed by atoms with Gasteiger partial charge in [0.2, 0.25) is 5.78 Å². The van der Waals surface area contributed by atoms with Crippen molar-refractivity contribution in [2.75, 3.05) is 0 Å². The van der Waals surface area contributed by atoms with Gasteiger partial charge < -0.3 is 4.74 Å². The molecule has 54 valence electrons. The highest BCUT2D eigenvalue weighted by atomic mass is 16.6. The van der Waals surface area contributed by atoms with Gasteiger partial charge in [-0.2, -0.15) is 0 Å². The zero-order valence-electron chi connectivity index (χ0n) is 5.88. The summed E-state index contributed by atoms with van der Waals surface area (Å²) in [5.74, 6) is -0.715.